The lowest BCUT2D eigenvalue weighted by Gasteiger charge is -2.18. The minimum atomic E-state index is -0.416. The average molecular weight is 394 g/mol. The second kappa shape index (κ2) is 7.23. The third-order valence-electron chi connectivity index (χ3n) is 4.44. The number of carbonyl (C=O) groups is 3. The summed E-state index contributed by atoms with van der Waals surface area (Å²) in [5, 5.41) is 5.52. The number of carbonyl (C=O) groups excluding carboxylic acids is 3. The molecule has 0 saturated carbocycles. The Hall–Kier alpha value is -3.95. The van der Waals surface area contributed by atoms with Gasteiger partial charge in [-0.15, -0.1) is 0 Å². The number of nitrogens with zero attached hydrogens (tertiary/aromatic N) is 3. The molecule has 4 rings (SSSR count). The summed E-state index contributed by atoms with van der Waals surface area (Å²) in [5.74, 6) is -0.278. The minimum absolute atomic E-state index is 0.0126. The predicted molar refractivity (Wildman–Crippen MR) is 104 cm³/mol. The van der Waals surface area contributed by atoms with Gasteiger partial charge in [-0.2, -0.15) is 0 Å². The molecule has 0 bridgehead atoms. The number of ether oxygens (including phenoxy) is 1. The van der Waals surface area contributed by atoms with Crippen LogP contribution in [0.3, 0.4) is 0 Å². The van der Waals surface area contributed by atoms with Gasteiger partial charge in [0.2, 0.25) is 0 Å². The third kappa shape index (κ3) is 3.47. The fourth-order valence-electron chi connectivity index (χ4n) is 3.02. The first kappa shape index (κ1) is 18.4. The van der Waals surface area contributed by atoms with Crippen LogP contribution < -0.4 is 15.4 Å². The number of H-pyrrole nitrogens is 1. The molecule has 1 aliphatic heterocycles. The molecule has 1 aliphatic rings. The highest BCUT2D eigenvalue weighted by Crippen LogP contribution is 2.28. The first-order chi connectivity index (χ1) is 13.9. The van der Waals surface area contributed by atoms with Gasteiger partial charge in [-0.25, -0.2) is 9.97 Å². The zero-order valence-electron chi connectivity index (χ0n) is 15.8. The molecule has 3 N–H and O–H groups in total. The molecular formula is C19H18N6O4. The second-order valence-electron chi connectivity index (χ2n) is 6.70. The first-order valence-corrected chi connectivity index (χ1v) is 8.81. The van der Waals surface area contributed by atoms with Gasteiger partial charge in [0.25, 0.3) is 17.7 Å². The Labute approximate surface area is 165 Å². The van der Waals surface area contributed by atoms with Crippen LogP contribution in [0.25, 0.3) is 11.0 Å². The summed E-state index contributed by atoms with van der Waals surface area (Å²) in [6, 6.07) is 5.28. The number of aromatic nitrogens is 3. The van der Waals surface area contributed by atoms with E-state index in [4.69, 9.17) is 4.74 Å². The molecule has 148 valence electrons. The molecule has 3 amide bonds. The van der Waals surface area contributed by atoms with E-state index in [9.17, 15) is 14.4 Å². The van der Waals surface area contributed by atoms with Crippen molar-refractivity contribution in [3.05, 3.63) is 47.5 Å². The number of hydrogen-bond acceptors (Lipinski definition) is 6. The number of nitrogens with one attached hydrogen (secondary N) is 3. The fourth-order valence-corrected chi connectivity index (χ4v) is 3.02. The van der Waals surface area contributed by atoms with E-state index in [1.807, 2.05) is 0 Å². The second-order valence-corrected chi connectivity index (χ2v) is 6.70. The molecule has 0 unspecified atom stereocenters. The molecule has 0 aliphatic carbocycles. The summed E-state index contributed by atoms with van der Waals surface area (Å²) in [4.78, 5) is 48.9. The van der Waals surface area contributed by atoms with Crippen LogP contribution in [0.2, 0.25) is 0 Å². The lowest BCUT2D eigenvalue weighted by Crippen LogP contribution is -2.26. The highest BCUT2D eigenvalue weighted by molar-refractivity contribution is 6.10. The quantitative estimate of drug-likeness (QED) is 0.603. The smallest absolute Gasteiger partial charge is 0.272 e. The highest BCUT2D eigenvalue weighted by atomic mass is 16.5. The normalized spacial score (nSPS) is 12.7. The summed E-state index contributed by atoms with van der Waals surface area (Å²) >= 11 is 0. The number of aromatic amines is 1. The van der Waals surface area contributed by atoms with E-state index in [0.717, 1.165) is 5.56 Å². The SMILES string of the molecule is CN(C)C(=O)c1c[nH]c2c(C(=O)NCc3ccc4c(c3)NC(=O)CO4)ncnc12. The largest absolute Gasteiger partial charge is 0.482 e. The van der Waals surface area contributed by atoms with Crippen molar-refractivity contribution in [1.82, 2.24) is 25.2 Å². The number of benzene rings is 1. The van der Waals surface area contributed by atoms with Crippen LogP contribution in [0.15, 0.2) is 30.7 Å². The van der Waals surface area contributed by atoms with Crippen LogP contribution in [-0.4, -0.2) is 58.3 Å². The Balaban J connectivity index is 1.53. The fraction of sp³-hybridized carbons (Fsp3) is 0.211. The van der Waals surface area contributed by atoms with Gasteiger partial charge in [-0.3, -0.25) is 14.4 Å². The number of rotatable bonds is 4. The summed E-state index contributed by atoms with van der Waals surface area (Å²) in [6.07, 6.45) is 2.77. The Morgan fingerprint density at radius 2 is 2.10 bits per heavy atom. The zero-order valence-corrected chi connectivity index (χ0v) is 15.8. The number of amides is 3. The Kier molecular flexibility index (Phi) is 4.59. The molecule has 2 aromatic heterocycles. The minimum Gasteiger partial charge on any atom is -0.482 e. The van der Waals surface area contributed by atoms with Gasteiger partial charge in [0.05, 0.1) is 16.8 Å². The van der Waals surface area contributed by atoms with Crippen LogP contribution in [0.5, 0.6) is 5.75 Å². The summed E-state index contributed by atoms with van der Waals surface area (Å²) in [5.41, 5.74) is 2.63. The first-order valence-electron chi connectivity index (χ1n) is 8.81. The van der Waals surface area contributed by atoms with Crippen molar-refractivity contribution in [2.24, 2.45) is 0 Å². The van der Waals surface area contributed by atoms with E-state index in [0.29, 0.717) is 28.0 Å². The summed E-state index contributed by atoms with van der Waals surface area (Å²) in [7, 11) is 3.28. The van der Waals surface area contributed by atoms with E-state index in [1.165, 1.54) is 17.4 Å². The van der Waals surface area contributed by atoms with Crippen LogP contribution in [0, 0.1) is 0 Å². The van der Waals surface area contributed by atoms with Gasteiger partial charge < -0.3 is 25.3 Å². The maximum Gasteiger partial charge on any atom is 0.272 e. The van der Waals surface area contributed by atoms with Crippen LogP contribution in [0.1, 0.15) is 26.4 Å². The Morgan fingerprint density at radius 3 is 2.90 bits per heavy atom. The predicted octanol–water partition coefficient (Wildman–Crippen LogP) is 0.921. The molecule has 3 heterocycles. The van der Waals surface area contributed by atoms with Crippen molar-refractivity contribution < 1.29 is 19.1 Å². The molecule has 10 heteroatoms. The van der Waals surface area contributed by atoms with Crippen molar-refractivity contribution in [2.45, 2.75) is 6.54 Å². The van der Waals surface area contributed by atoms with Crippen molar-refractivity contribution in [3.8, 4) is 5.75 Å². The van der Waals surface area contributed by atoms with E-state index < -0.39 is 5.91 Å². The number of hydrogen-bond donors (Lipinski definition) is 3. The monoisotopic (exact) mass is 394 g/mol. The van der Waals surface area contributed by atoms with Gasteiger partial charge >= 0.3 is 0 Å². The van der Waals surface area contributed by atoms with Gasteiger partial charge in [0.15, 0.2) is 12.3 Å². The highest BCUT2D eigenvalue weighted by Gasteiger charge is 2.21. The Morgan fingerprint density at radius 1 is 1.28 bits per heavy atom. The molecule has 0 atom stereocenters. The van der Waals surface area contributed by atoms with Crippen molar-refractivity contribution in [3.63, 3.8) is 0 Å². The van der Waals surface area contributed by atoms with Crippen LogP contribution in [0.4, 0.5) is 5.69 Å². The molecule has 29 heavy (non-hydrogen) atoms. The molecule has 0 fully saturated rings. The van der Waals surface area contributed by atoms with E-state index >= 15 is 0 Å². The van der Waals surface area contributed by atoms with Crippen LogP contribution >= 0.6 is 0 Å². The Bertz CT molecular complexity index is 1140. The summed E-state index contributed by atoms with van der Waals surface area (Å²) in [6.45, 7) is 0.207. The van der Waals surface area contributed by atoms with Crippen molar-refractivity contribution >= 4 is 34.4 Å². The van der Waals surface area contributed by atoms with Crippen LogP contribution in [-0.2, 0) is 11.3 Å². The maximum atomic E-state index is 12.7. The lowest BCUT2D eigenvalue weighted by atomic mass is 10.1. The van der Waals surface area contributed by atoms with Crippen molar-refractivity contribution in [1.29, 1.82) is 0 Å². The van der Waals surface area contributed by atoms with Gasteiger partial charge in [-0.1, -0.05) is 6.07 Å². The molecule has 0 spiro atoms. The van der Waals surface area contributed by atoms with Crippen molar-refractivity contribution in [2.75, 3.05) is 26.0 Å². The third-order valence-corrected chi connectivity index (χ3v) is 4.44. The molecule has 10 nitrogen and oxygen atoms in total. The summed E-state index contributed by atoms with van der Waals surface area (Å²) < 4.78 is 5.32. The number of fused-ring (bicyclic) bond motifs is 2. The zero-order chi connectivity index (χ0) is 20.5. The lowest BCUT2D eigenvalue weighted by molar-refractivity contribution is -0.118. The molecular weight excluding hydrogens is 376 g/mol. The van der Waals surface area contributed by atoms with E-state index in [-0.39, 0.29) is 30.7 Å². The molecule has 0 saturated heterocycles. The molecule has 0 radical (unpaired) electrons. The van der Waals surface area contributed by atoms with Gasteiger partial charge in [-0.05, 0) is 17.7 Å². The molecule has 3 aromatic rings. The van der Waals surface area contributed by atoms with E-state index in [2.05, 4.69) is 25.6 Å². The van der Waals surface area contributed by atoms with Gasteiger partial charge in [0, 0.05) is 26.8 Å². The molecule has 1 aromatic carbocycles. The standard InChI is InChI=1S/C19H18N6O4/c1-25(2)19(28)11-7-20-16-15(11)22-9-23-17(16)18(27)21-6-10-3-4-13-12(5-10)24-14(26)8-29-13/h3-5,7,9,20H,6,8H2,1-2H3,(H,21,27)(H,24,26). The van der Waals surface area contributed by atoms with Gasteiger partial charge in [0.1, 0.15) is 17.6 Å². The maximum absolute atomic E-state index is 12.7. The number of anilines is 1. The van der Waals surface area contributed by atoms with E-state index in [1.54, 1.807) is 32.3 Å². The topological polar surface area (TPSA) is 129 Å². The average Bonchev–Trinajstić information content (AvgIpc) is 3.15.